The summed E-state index contributed by atoms with van der Waals surface area (Å²) < 4.78 is 5.28. The number of hydrogen-bond acceptors (Lipinski definition) is 2. The van der Waals surface area contributed by atoms with E-state index in [9.17, 15) is 0 Å². The molecule has 0 radical (unpaired) electrons. The van der Waals surface area contributed by atoms with Crippen molar-refractivity contribution in [2.45, 2.75) is 0 Å². The highest BCUT2D eigenvalue weighted by Gasteiger charge is 1.94. The Kier molecular flexibility index (Phi) is 4.40. The van der Waals surface area contributed by atoms with E-state index in [1.807, 2.05) is 72.8 Å². The van der Waals surface area contributed by atoms with Crippen molar-refractivity contribution in [3.05, 3.63) is 71.8 Å². The van der Waals surface area contributed by atoms with Gasteiger partial charge in [0.25, 0.3) is 0 Å². The molecule has 0 fully saturated rings. The summed E-state index contributed by atoms with van der Waals surface area (Å²) in [5.41, 5.74) is 8.60. The molecule has 96 valence electrons. The maximum absolute atomic E-state index is 5.64. The van der Waals surface area contributed by atoms with E-state index in [0.717, 1.165) is 22.6 Å². The second kappa shape index (κ2) is 6.45. The molecule has 19 heavy (non-hydrogen) atoms. The predicted molar refractivity (Wildman–Crippen MR) is 81.9 cm³/mol. The molecule has 0 spiro atoms. The normalized spacial score (nSPS) is 11.2. The van der Waals surface area contributed by atoms with Crippen LogP contribution in [-0.4, -0.2) is 7.11 Å². The van der Waals surface area contributed by atoms with Crippen molar-refractivity contribution in [1.82, 2.24) is 0 Å². The maximum atomic E-state index is 5.64. The van der Waals surface area contributed by atoms with Gasteiger partial charge in [-0.05, 0) is 23.8 Å². The zero-order valence-corrected chi connectivity index (χ0v) is 10.9. The summed E-state index contributed by atoms with van der Waals surface area (Å²) >= 11 is 0. The van der Waals surface area contributed by atoms with Gasteiger partial charge in [0.05, 0.1) is 7.11 Å². The van der Waals surface area contributed by atoms with Gasteiger partial charge in [0.2, 0.25) is 0 Å². The first-order chi connectivity index (χ1) is 9.29. The van der Waals surface area contributed by atoms with Gasteiger partial charge >= 0.3 is 0 Å². The molecule has 0 atom stereocenters. The van der Waals surface area contributed by atoms with Crippen molar-refractivity contribution in [2.24, 2.45) is 0 Å². The predicted octanol–water partition coefficient (Wildman–Crippen LogP) is 4.00. The van der Waals surface area contributed by atoms with Crippen molar-refractivity contribution < 1.29 is 4.74 Å². The fourth-order valence-corrected chi connectivity index (χ4v) is 1.74. The monoisotopic (exact) mass is 251 g/mol. The highest BCUT2D eigenvalue weighted by atomic mass is 16.5. The van der Waals surface area contributed by atoms with E-state index in [1.165, 1.54) is 0 Å². The Balaban J connectivity index is 2.05. The number of allylic oxidation sites excluding steroid dienone is 2. The first-order valence-corrected chi connectivity index (χ1v) is 6.13. The summed E-state index contributed by atoms with van der Waals surface area (Å²) in [7, 11) is 1.68. The second-order valence-corrected chi connectivity index (χ2v) is 4.13. The quantitative estimate of drug-likeness (QED) is 0.658. The second-order valence-electron chi connectivity index (χ2n) is 4.13. The van der Waals surface area contributed by atoms with Crippen LogP contribution >= 0.6 is 0 Å². The molecule has 2 nitrogen and oxygen atoms in total. The summed E-state index contributed by atoms with van der Waals surface area (Å²) in [5.74, 6) is 0.875. The number of methoxy groups -OCH3 is 1. The summed E-state index contributed by atoms with van der Waals surface area (Å²) in [4.78, 5) is 0. The first kappa shape index (κ1) is 13.0. The third-order valence-electron chi connectivity index (χ3n) is 2.75. The Bertz CT molecular complexity index is 582. The fraction of sp³-hybridized carbons (Fsp3) is 0.0588. The van der Waals surface area contributed by atoms with E-state index in [0.29, 0.717) is 0 Å². The molecular weight excluding hydrogens is 234 g/mol. The van der Waals surface area contributed by atoms with Crippen molar-refractivity contribution in [2.75, 3.05) is 12.8 Å². The van der Waals surface area contributed by atoms with Gasteiger partial charge in [-0.15, -0.1) is 0 Å². The molecule has 0 aliphatic rings. The minimum Gasteiger partial charge on any atom is -0.496 e. The number of benzene rings is 2. The SMILES string of the molecule is COc1ccccc1/C=C/C=C/c1ccc(N)cc1. The van der Waals surface area contributed by atoms with Crippen molar-refractivity contribution in [3.8, 4) is 5.75 Å². The molecule has 0 amide bonds. The van der Waals surface area contributed by atoms with Gasteiger partial charge in [-0.2, -0.15) is 0 Å². The van der Waals surface area contributed by atoms with Crippen molar-refractivity contribution >= 4 is 17.8 Å². The minimum atomic E-state index is 0.779. The molecule has 2 rings (SSSR count). The third-order valence-corrected chi connectivity index (χ3v) is 2.75. The summed E-state index contributed by atoms with van der Waals surface area (Å²) in [5, 5.41) is 0. The number of anilines is 1. The lowest BCUT2D eigenvalue weighted by Gasteiger charge is -2.02. The number of ether oxygens (including phenoxy) is 1. The molecule has 0 unspecified atom stereocenters. The Morgan fingerprint density at radius 3 is 2.32 bits per heavy atom. The van der Waals surface area contributed by atoms with Crippen LogP contribution in [0.5, 0.6) is 5.75 Å². The van der Waals surface area contributed by atoms with Crippen molar-refractivity contribution in [1.29, 1.82) is 0 Å². The molecule has 0 aliphatic heterocycles. The van der Waals surface area contributed by atoms with Gasteiger partial charge in [-0.25, -0.2) is 0 Å². The minimum absolute atomic E-state index is 0.779. The molecule has 0 bridgehead atoms. The van der Waals surface area contributed by atoms with Crippen LogP contribution in [0.1, 0.15) is 11.1 Å². The highest BCUT2D eigenvalue weighted by Crippen LogP contribution is 2.18. The summed E-state index contributed by atoms with van der Waals surface area (Å²) in [6.07, 6.45) is 8.05. The molecule has 0 aromatic heterocycles. The molecular formula is C17H17NO. The average Bonchev–Trinajstić information content (AvgIpc) is 2.46. The fourth-order valence-electron chi connectivity index (χ4n) is 1.74. The van der Waals surface area contributed by atoms with E-state index in [-0.39, 0.29) is 0 Å². The van der Waals surface area contributed by atoms with E-state index in [4.69, 9.17) is 10.5 Å². The van der Waals surface area contributed by atoms with Gasteiger partial charge in [0.1, 0.15) is 5.75 Å². The van der Waals surface area contributed by atoms with E-state index in [1.54, 1.807) is 7.11 Å². The third kappa shape index (κ3) is 3.75. The first-order valence-electron chi connectivity index (χ1n) is 6.13. The smallest absolute Gasteiger partial charge is 0.126 e. The number of nitrogens with two attached hydrogens (primary N) is 1. The van der Waals surface area contributed by atoms with Crippen LogP contribution in [0.15, 0.2) is 60.7 Å². The van der Waals surface area contributed by atoms with Crippen LogP contribution in [0, 0.1) is 0 Å². The lowest BCUT2D eigenvalue weighted by Crippen LogP contribution is -1.85. The molecule has 2 N–H and O–H groups in total. The highest BCUT2D eigenvalue weighted by molar-refractivity contribution is 5.61. The zero-order chi connectivity index (χ0) is 13.5. The Hall–Kier alpha value is -2.48. The van der Waals surface area contributed by atoms with Crippen LogP contribution in [0.3, 0.4) is 0 Å². The molecule has 2 aromatic carbocycles. The summed E-state index contributed by atoms with van der Waals surface area (Å²) in [6.45, 7) is 0. The van der Waals surface area contributed by atoms with Crippen LogP contribution in [0.25, 0.3) is 12.2 Å². The van der Waals surface area contributed by atoms with Crippen LogP contribution < -0.4 is 10.5 Å². The van der Waals surface area contributed by atoms with Gasteiger partial charge in [0.15, 0.2) is 0 Å². The number of hydrogen-bond donors (Lipinski definition) is 1. The lowest BCUT2D eigenvalue weighted by molar-refractivity contribution is 0.414. The molecule has 0 heterocycles. The Morgan fingerprint density at radius 2 is 1.58 bits per heavy atom. The number of para-hydroxylation sites is 1. The lowest BCUT2D eigenvalue weighted by atomic mass is 10.1. The number of nitrogen functional groups attached to an aromatic ring is 1. The van der Waals surface area contributed by atoms with Crippen LogP contribution in [-0.2, 0) is 0 Å². The Morgan fingerprint density at radius 1 is 0.895 bits per heavy atom. The standard InChI is InChI=1S/C17H17NO/c1-19-17-9-5-4-8-15(17)7-3-2-6-14-10-12-16(18)13-11-14/h2-13H,18H2,1H3/b6-2+,7-3+. The van der Waals surface area contributed by atoms with E-state index >= 15 is 0 Å². The molecule has 2 heteroatoms. The van der Waals surface area contributed by atoms with Gasteiger partial charge < -0.3 is 10.5 Å². The molecule has 0 saturated carbocycles. The van der Waals surface area contributed by atoms with E-state index in [2.05, 4.69) is 0 Å². The molecule has 0 aliphatic carbocycles. The van der Waals surface area contributed by atoms with Gasteiger partial charge in [-0.3, -0.25) is 0 Å². The Labute approximate surface area is 113 Å². The number of rotatable bonds is 4. The van der Waals surface area contributed by atoms with Crippen LogP contribution in [0.4, 0.5) is 5.69 Å². The average molecular weight is 251 g/mol. The zero-order valence-electron chi connectivity index (χ0n) is 10.9. The summed E-state index contributed by atoms with van der Waals surface area (Å²) in [6, 6.07) is 15.7. The van der Waals surface area contributed by atoms with Gasteiger partial charge in [0, 0.05) is 11.3 Å². The maximum Gasteiger partial charge on any atom is 0.126 e. The topological polar surface area (TPSA) is 35.2 Å². The largest absolute Gasteiger partial charge is 0.496 e. The van der Waals surface area contributed by atoms with Crippen LogP contribution in [0.2, 0.25) is 0 Å². The molecule has 2 aromatic rings. The molecule has 0 saturated heterocycles. The van der Waals surface area contributed by atoms with E-state index < -0.39 is 0 Å². The van der Waals surface area contributed by atoms with Crippen molar-refractivity contribution in [3.63, 3.8) is 0 Å². The van der Waals surface area contributed by atoms with Gasteiger partial charge in [-0.1, -0.05) is 54.6 Å².